The van der Waals surface area contributed by atoms with E-state index in [0.717, 1.165) is 18.5 Å². The van der Waals surface area contributed by atoms with Crippen molar-refractivity contribution < 1.29 is 0 Å². The van der Waals surface area contributed by atoms with Gasteiger partial charge < -0.3 is 5.73 Å². The molecule has 110 valence electrons. The first-order valence-corrected chi connectivity index (χ1v) is 8.25. The minimum absolute atomic E-state index is 0.418. The Kier molecular flexibility index (Phi) is 4.13. The summed E-state index contributed by atoms with van der Waals surface area (Å²) < 4.78 is 0. The van der Waals surface area contributed by atoms with Crippen molar-refractivity contribution in [1.82, 2.24) is 4.90 Å². The summed E-state index contributed by atoms with van der Waals surface area (Å²) in [5, 5.41) is 0. The molecule has 0 heterocycles. The maximum atomic E-state index is 6.19. The first-order chi connectivity index (χ1) is 9.70. The molecule has 1 aromatic carbocycles. The number of rotatable bonds is 7. The molecule has 1 aromatic rings. The Morgan fingerprint density at radius 2 is 1.85 bits per heavy atom. The Labute approximate surface area is 123 Å². The van der Waals surface area contributed by atoms with E-state index in [2.05, 4.69) is 43.0 Å². The highest BCUT2D eigenvalue weighted by Gasteiger charge is 2.36. The molecule has 3 rings (SSSR count). The SMILES string of the molecule is CC(C)CN(C1CC1)C(CN)c1ccccc1C1CC1. The summed E-state index contributed by atoms with van der Waals surface area (Å²) in [6.07, 6.45) is 5.44. The summed E-state index contributed by atoms with van der Waals surface area (Å²) in [6.45, 7) is 6.55. The lowest BCUT2D eigenvalue weighted by molar-refractivity contribution is 0.169. The first-order valence-electron chi connectivity index (χ1n) is 8.25. The van der Waals surface area contributed by atoms with Gasteiger partial charge in [-0.05, 0) is 48.6 Å². The second kappa shape index (κ2) is 5.87. The van der Waals surface area contributed by atoms with Crippen LogP contribution in [0.5, 0.6) is 0 Å². The minimum Gasteiger partial charge on any atom is -0.329 e. The molecule has 0 radical (unpaired) electrons. The normalized spacial score (nSPS) is 20.6. The lowest BCUT2D eigenvalue weighted by atomic mass is 9.95. The molecule has 2 aliphatic rings. The molecule has 2 N–H and O–H groups in total. The second-order valence-electron chi connectivity index (χ2n) is 6.98. The predicted molar refractivity (Wildman–Crippen MR) is 84.8 cm³/mol. The zero-order valence-corrected chi connectivity index (χ0v) is 12.9. The molecule has 0 saturated heterocycles. The zero-order chi connectivity index (χ0) is 14.1. The fourth-order valence-corrected chi connectivity index (χ4v) is 3.38. The average Bonchev–Trinajstić information content (AvgIpc) is 3.30. The Morgan fingerprint density at radius 3 is 2.40 bits per heavy atom. The van der Waals surface area contributed by atoms with Crippen molar-refractivity contribution in [2.45, 2.75) is 57.5 Å². The first kappa shape index (κ1) is 14.1. The summed E-state index contributed by atoms with van der Waals surface area (Å²) in [4.78, 5) is 2.69. The highest BCUT2D eigenvalue weighted by Crippen LogP contribution is 2.45. The van der Waals surface area contributed by atoms with Crippen LogP contribution in [0.15, 0.2) is 24.3 Å². The number of benzene rings is 1. The quantitative estimate of drug-likeness (QED) is 0.820. The largest absolute Gasteiger partial charge is 0.329 e. The van der Waals surface area contributed by atoms with E-state index in [1.165, 1.54) is 37.8 Å². The van der Waals surface area contributed by atoms with Crippen molar-refractivity contribution in [3.8, 4) is 0 Å². The fraction of sp³-hybridized carbons (Fsp3) is 0.667. The van der Waals surface area contributed by atoms with Gasteiger partial charge in [0.2, 0.25) is 0 Å². The van der Waals surface area contributed by atoms with Crippen LogP contribution in [0.4, 0.5) is 0 Å². The summed E-state index contributed by atoms with van der Waals surface area (Å²) in [6, 6.07) is 10.2. The van der Waals surface area contributed by atoms with E-state index in [0.29, 0.717) is 12.0 Å². The van der Waals surface area contributed by atoms with Crippen molar-refractivity contribution in [2.75, 3.05) is 13.1 Å². The maximum Gasteiger partial charge on any atom is 0.0476 e. The Morgan fingerprint density at radius 1 is 1.15 bits per heavy atom. The number of hydrogen-bond acceptors (Lipinski definition) is 2. The second-order valence-corrected chi connectivity index (χ2v) is 6.98. The van der Waals surface area contributed by atoms with E-state index in [1.54, 1.807) is 5.56 Å². The molecule has 2 aliphatic carbocycles. The van der Waals surface area contributed by atoms with E-state index >= 15 is 0 Å². The molecule has 20 heavy (non-hydrogen) atoms. The molecule has 0 aromatic heterocycles. The lowest BCUT2D eigenvalue weighted by Gasteiger charge is -2.34. The van der Waals surface area contributed by atoms with Gasteiger partial charge in [-0.15, -0.1) is 0 Å². The molecule has 0 aliphatic heterocycles. The molecule has 2 fully saturated rings. The maximum absolute atomic E-state index is 6.19. The molecule has 0 spiro atoms. The molecular formula is C18H28N2. The van der Waals surface area contributed by atoms with Crippen LogP contribution in [0.1, 0.15) is 62.6 Å². The van der Waals surface area contributed by atoms with Crippen molar-refractivity contribution >= 4 is 0 Å². The third-order valence-corrected chi connectivity index (χ3v) is 4.59. The Balaban J connectivity index is 1.87. The number of hydrogen-bond donors (Lipinski definition) is 1. The standard InChI is InChI=1S/C18H28N2/c1-13(2)12-20(15-9-10-15)18(11-19)17-6-4-3-5-16(17)14-7-8-14/h3-6,13-15,18H,7-12,19H2,1-2H3. The summed E-state index contributed by atoms with van der Waals surface area (Å²) >= 11 is 0. The summed E-state index contributed by atoms with van der Waals surface area (Å²) in [5.74, 6) is 1.51. The monoisotopic (exact) mass is 272 g/mol. The van der Waals surface area contributed by atoms with Crippen molar-refractivity contribution in [3.63, 3.8) is 0 Å². The van der Waals surface area contributed by atoms with Crippen LogP contribution in [-0.2, 0) is 0 Å². The topological polar surface area (TPSA) is 29.3 Å². The van der Waals surface area contributed by atoms with E-state index in [9.17, 15) is 0 Å². The van der Waals surface area contributed by atoms with Crippen LogP contribution in [0.25, 0.3) is 0 Å². The molecular weight excluding hydrogens is 244 g/mol. The van der Waals surface area contributed by atoms with Crippen LogP contribution in [0.3, 0.4) is 0 Å². The molecule has 1 unspecified atom stereocenters. The smallest absolute Gasteiger partial charge is 0.0476 e. The van der Waals surface area contributed by atoms with Gasteiger partial charge in [0.05, 0.1) is 0 Å². The Bertz CT molecular complexity index is 446. The number of nitrogens with two attached hydrogens (primary N) is 1. The van der Waals surface area contributed by atoms with Crippen molar-refractivity contribution in [1.29, 1.82) is 0 Å². The van der Waals surface area contributed by atoms with E-state index in [4.69, 9.17) is 5.73 Å². The van der Waals surface area contributed by atoms with Crippen molar-refractivity contribution in [3.05, 3.63) is 35.4 Å². The van der Waals surface area contributed by atoms with Gasteiger partial charge in [0.15, 0.2) is 0 Å². The molecule has 2 saturated carbocycles. The average molecular weight is 272 g/mol. The predicted octanol–water partition coefficient (Wildman–Crippen LogP) is 3.68. The third kappa shape index (κ3) is 3.07. The lowest BCUT2D eigenvalue weighted by Crippen LogP contribution is -2.38. The van der Waals surface area contributed by atoms with Gasteiger partial charge in [0.25, 0.3) is 0 Å². The van der Waals surface area contributed by atoms with E-state index in [-0.39, 0.29) is 0 Å². The van der Waals surface area contributed by atoms with Gasteiger partial charge in [-0.25, -0.2) is 0 Å². The molecule has 2 nitrogen and oxygen atoms in total. The van der Waals surface area contributed by atoms with Crippen LogP contribution in [0.2, 0.25) is 0 Å². The molecule has 2 heteroatoms. The van der Waals surface area contributed by atoms with Crippen LogP contribution in [0, 0.1) is 5.92 Å². The van der Waals surface area contributed by atoms with Gasteiger partial charge >= 0.3 is 0 Å². The van der Waals surface area contributed by atoms with Gasteiger partial charge in [0.1, 0.15) is 0 Å². The van der Waals surface area contributed by atoms with E-state index in [1.807, 2.05) is 0 Å². The van der Waals surface area contributed by atoms with Crippen LogP contribution in [-0.4, -0.2) is 24.0 Å². The van der Waals surface area contributed by atoms with Crippen LogP contribution >= 0.6 is 0 Å². The summed E-state index contributed by atoms with van der Waals surface area (Å²) in [5.41, 5.74) is 9.27. The van der Waals surface area contributed by atoms with Gasteiger partial charge in [-0.1, -0.05) is 38.1 Å². The molecule has 0 bridgehead atoms. The summed E-state index contributed by atoms with van der Waals surface area (Å²) in [7, 11) is 0. The minimum atomic E-state index is 0.418. The van der Waals surface area contributed by atoms with Gasteiger partial charge in [0, 0.05) is 25.2 Å². The fourth-order valence-electron chi connectivity index (χ4n) is 3.38. The number of nitrogens with zero attached hydrogens (tertiary/aromatic N) is 1. The van der Waals surface area contributed by atoms with Crippen molar-refractivity contribution in [2.24, 2.45) is 11.7 Å². The molecule has 0 amide bonds. The third-order valence-electron chi connectivity index (χ3n) is 4.59. The highest BCUT2D eigenvalue weighted by molar-refractivity contribution is 5.36. The molecule has 1 atom stereocenters. The zero-order valence-electron chi connectivity index (χ0n) is 12.9. The Hall–Kier alpha value is -0.860. The van der Waals surface area contributed by atoms with E-state index < -0.39 is 0 Å². The van der Waals surface area contributed by atoms with Crippen LogP contribution < -0.4 is 5.73 Å². The van der Waals surface area contributed by atoms with Gasteiger partial charge in [-0.3, -0.25) is 4.90 Å². The van der Waals surface area contributed by atoms with Gasteiger partial charge in [-0.2, -0.15) is 0 Å². The highest BCUT2D eigenvalue weighted by atomic mass is 15.2.